The molecule has 0 bridgehead atoms. The molecule has 100 valence electrons. The lowest BCUT2D eigenvalue weighted by atomic mass is 10.3. The average molecular weight is 287 g/mol. The minimum Gasteiger partial charge on any atom is -0.376 e. The summed E-state index contributed by atoms with van der Waals surface area (Å²) in [6, 6.07) is 13.0. The van der Waals surface area contributed by atoms with Crippen molar-refractivity contribution in [1.82, 2.24) is 15.1 Å². The third-order valence-electron chi connectivity index (χ3n) is 2.65. The Labute approximate surface area is 120 Å². The highest BCUT2D eigenvalue weighted by Crippen LogP contribution is 2.15. The summed E-state index contributed by atoms with van der Waals surface area (Å²) in [5.74, 6) is 0.985. The molecule has 0 aliphatic rings. The summed E-state index contributed by atoms with van der Waals surface area (Å²) in [7, 11) is 0. The number of hydrogen-bond donors (Lipinski definition) is 1. The van der Waals surface area contributed by atoms with Crippen LogP contribution in [0.3, 0.4) is 0 Å². The van der Waals surface area contributed by atoms with Crippen molar-refractivity contribution >= 4 is 17.3 Å². The summed E-state index contributed by atoms with van der Waals surface area (Å²) < 4.78 is 5.17. The number of benzene rings is 1. The van der Waals surface area contributed by atoms with Crippen LogP contribution >= 0.6 is 11.6 Å². The lowest BCUT2D eigenvalue weighted by molar-refractivity contribution is 0.384. The molecule has 0 fully saturated rings. The van der Waals surface area contributed by atoms with Gasteiger partial charge in [-0.2, -0.15) is 4.98 Å². The molecule has 0 aliphatic heterocycles. The first-order valence-electron chi connectivity index (χ1n) is 6.05. The van der Waals surface area contributed by atoms with E-state index in [-0.39, 0.29) is 0 Å². The maximum Gasteiger partial charge on any atom is 0.246 e. The molecule has 0 saturated heterocycles. The van der Waals surface area contributed by atoms with Crippen molar-refractivity contribution in [3.8, 4) is 11.5 Å². The summed E-state index contributed by atoms with van der Waals surface area (Å²) in [5.41, 5.74) is 1.63. The molecule has 20 heavy (non-hydrogen) atoms. The normalized spacial score (nSPS) is 10.4. The van der Waals surface area contributed by atoms with Crippen LogP contribution in [0.2, 0.25) is 5.02 Å². The van der Waals surface area contributed by atoms with Gasteiger partial charge in [0.05, 0.1) is 6.54 Å². The fourth-order valence-corrected chi connectivity index (χ4v) is 1.80. The van der Waals surface area contributed by atoms with Gasteiger partial charge in [-0.3, -0.25) is 4.98 Å². The number of rotatable bonds is 4. The molecule has 0 saturated carbocycles. The minimum absolute atomic E-state index is 0.446. The van der Waals surface area contributed by atoms with Crippen LogP contribution in [0.4, 0.5) is 5.69 Å². The van der Waals surface area contributed by atoms with E-state index in [1.165, 1.54) is 0 Å². The van der Waals surface area contributed by atoms with E-state index in [9.17, 15) is 0 Å². The standard InChI is InChI=1S/C14H11ClN4O/c15-10-4-6-11(7-5-10)17-9-13-18-14(19-20-13)12-3-1-2-8-16-12/h1-8,17H,9H2. The molecule has 2 aromatic heterocycles. The second kappa shape index (κ2) is 5.71. The molecule has 3 aromatic rings. The van der Waals surface area contributed by atoms with Gasteiger partial charge in [0.25, 0.3) is 0 Å². The van der Waals surface area contributed by atoms with E-state index in [1.807, 2.05) is 42.5 Å². The lowest BCUT2D eigenvalue weighted by Gasteiger charge is -2.02. The number of halogens is 1. The summed E-state index contributed by atoms with van der Waals surface area (Å²) in [6.45, 7) is 0.446. The van der Waals surface area contributed by atoms with Crippen molar-refractivity contribution in [2.45, 2.75) is 6.54 Å². The molecule has 0 atom stereocenters. The Hall–Kier alpha value is -2.40. The fourth-order valence-electron chi connectivity index (χ4n) is 1.67. The molecule has 5 nitrogen and oxygen atoms in total. The maximum atomic E-state index is 5.82. The number of pyridine rings is 1. The van der Waals surface area contributed by atoms with Gasteiger partial charge in [-0.15, -0.1) is 0 Å². The Kier molecular flexibility index (Phi) is 3.60. The summed E-state index contributed by atoms with van der Waals surface area (Å²) in [4.78, 5) is 8.45. The highest BCUT2D eigenvalue weighted by molar-refractivity contribution is 6.30. The number of aromatic nitrogens is 3. The van der Waals surface area contributed by atoms with Crippen LogP contribution in [-0.2, 0) is 6.54 Å². The van der Waals surface area contributed by atoms with E-state index in [1.54, 1.807) is 6.20 Å². The number of nitrogens with zero attached hydrogens (tertiary/aromatic N) is 3. The molecule has 2 heterocycles. The predicted octanol–water partition coefficient (Wildman–Crippen LogP) is 3.40. The molecule has 0 spiro atoms. The Balaban J connectivity index is 1.67. The zero-order valence-electron chi connectivity index (χ0n) is 10.5. The predicted molar refractivity (Wildman–Crippen MR) is 76.3 cm³/mol. The second-order valence-electron chi connectivity index (χ2n) is 4.09. The van der Waals surface area contributed by atoms with Crippen LogP contribution in [0.1, 0.15) is 5.89 Å². The first-order valence-corrected chi connectivity index (χ1v) is 6.42. The highest BCUT2D eigenvalue weighted by Gasteiger charge is 2.08. The molecule has 6 heteroatoms. The van der Waals surface area contributed by atoms with E-state index in [4.69, 9.17) is 16.1 Å². The van der Waals surface area contributed by atoms with E-state index < -0.39 is 0 Å². The van der Waals surface area contributed by atoms with Gasteiger partial charge in [-0.1, -0.05) is 22.8 Å². The van der Waals surface area contributed by atoms with Gasteiger partial charge in [-0.25, -0.2) is 0 Å². The Bertz CT molecular complexity index is 682. The molecule has 0 radical (unpaired) electrons. The van der Waals surface area contributed by atoms with E-state index in [0.29, 0.717) is 29.0 Å². The molecule has 0 aliphatic carbocycles. The van der Waals surface area contributed by atoms with Gasteiger partial charge in [0.15, 0.2) is 0 Å². The topological polar surface area (TPSA) is 63.8 Å². The minimum atomic E-state index is 0.446. The SMILES string of the molecule is Clc1ccc(NCc2nc(-c3ccccn3)no2)cc1. The monoisotopic (exact) mass is 286 g/mol. The van der Waals surface area contributed by atoms with E-state index in [2.05, 4.69) is 20.4 Å². The molecule has 3 rings (SSSR count). The van der Waals surface area contributed by atoms with Gasteiger partial charge >= 0.3 is 0 Å². The quantitative estimate of drug-likeness (QED) is 0.796. The summed E-state index contributed by atoms with van der Waals surface area (Å²) in [5, 5.41) is 7.78. The molecular formula is C14H11ClN4O. The lowest BCUT2D eigenvalue weighted by Crippen LogP contribution is -1.99. The van der Waals surface area contributed by atoms with E-state index in [0.717, 1.165) is 5.69 Å². The van der Waals surface area contributed by atoms with Crippen molar-refractivity contribution in [3.05, 3.63) is 59.6 Å². The van der Waals surface area contributed by atoms with Crippen LogP contribution in [0.5, 0.6) is 0 Å². The molecule has 1 aromatic carbocycles. The molecular weight excluding hydrogens is 276 g/mol. The van der Waals surface area contributed by atoms with Crippen molar-refractivity contribution in [2.24, 2.45) is 0 Å². The second-order valence-corrected chi connectivity index (χ2v) is 4.52. The third-order valence-corrected chi connectivity index (χ3v) is 2.90. The van der Waals surface area contributed by atoms with Gasteiger partial charge < -0.3 is 9.84 Å². The van der Waals surface area contributed by atoms with Crippen molar-refractivity contribution < 1.29 is 4.52 Å². The zero-order valence-corrected chi connectivity index (χ0v) is 11.2. The number of anilines is 1. The van der Waals surface area contributed by atoms with Crippen LogP contribution in [-0.4, -0.2) is 15.1 Å². The fraction of sp³-hybridized carbons (Fsp3) is 0.0714. The van der Waals surface area contributed by atoms with Crippen molar-refractivity contribution in [1.29, 1.82) is 0 Å². The van der Waals surface area contributed by atoms with Gasteiger partial charge in [0.1, 0.15) is 5.69 Å². The maximum absolute atomic E-state index is 5.82. The zero-order chi connectivity index (χ0) is 13.8. The smallest absolute Gasteiger partial charge is 0.246 e. The highest BCUT2D eigenvalue weighted by atomic mass is 35.5. The van der Waals surface area contributed by atoms with Crippen LogP contribution < -0.4 is 5.32 Å². The number of hydrogen-bond acceptors (Lipinski definition) is 5. The average Bonchev–Trinajstić information content (AvgIpc) is 2.97. The van der Waals surface area contributed by atoms with Crippen LogP contribution in [0.25, 0.3) is 11.5 Å². The third kappa shape index (κ3) is 2.95. The largest absolute Gasteiger partial charge is 0.376 e. The molecule has 0 unspecified atom stereocenters. The number of nitrogens with one attached hydrogen (secondary N) is 1. The Morgan fingerprint density at radius 1 is 1.10 bits per heavy atom. The molecule has 0 amide bonds. The van der Waals surface area contributed by atoms with Crippen molar-refractivity contribution in [2.75, 3.05) is 5.32 Å². The summed E-state index contributed by atoms with van der Waals surface area (Å²) >= 11 is 5.82. The van der Waals surface area contributed by atoms with Crippen LogP contribution in [0.15, 0.2) is 53.2 Å². The Morgan fingerprint density at radius 2 is 1.95 bits per heavy atom. The van der Waals surface area contributed by atoms with Crippen molar-refractivity contribution in [3.63, 3.8) is 0 Å². The van der Waals surface area contributed by atoms with Crippen LogP contribution in [0, 0.1) is 0 Å². The summed E-state index contributed by atoms with van der Waals surface area (Å²) in [6.07, 6.45) is 1.69. The Morgan fingerprint density at radius 3 is 2.70 bits per heavy atom. The first kappa shape index (κ1) is 12.6. The van der Waals surface area contributed by atoms with E-state index >= 15 is 0 Å². The van der Waals surface area contributed by atoms with Gasteiger partial charge in [-0.05, 0) is 36.4 Å². The van der Waals surface area contributed by atoms with Gasteiger partial charge in [0.2, 0.25) is 11.7 Å². The molecule has 1 N–H and O–H groups in total. The first-order chi connectivity index (χ1) is 9.81. The van der Waals surface area contributed by atoms with Gasteiger partial charge in [0, 0.05) is 16.9 Å².